The minimum atomic E-state index is -2.71. The summed E-state index contributed by atoms with van der Waals surface area (Å²) in [6.45, 7) is 6.58. The number of aryl methyl sites for hydroxylation is 1. The van der Waals surface area contributed by atoms with E-state index >= 15 is 0 Å². The standard InChI is InChI=1S/C24H25Cl2F2N5O3/c1-5-29-23(35)14-8-16-17(9-18(14)36-11-19(27)28)33(4)24(31-16)32-21-15(25)7-6-13(20(21)26)10-30-22(34)12(2)3/h6-9,19H,2,5,10-11H2,1,3-4H3,(H,29,35)(H,30,34)(H,31,32). The van der Waals surface area contributed by atoms with Crippen LogP contribution in [0.1, 0.15) is 29.8 Å². The van der Waals surface area contributed by atoms with E-state index in [0.29, 0.717) is 45.4 Å². The molecule has 192 valence electrons. The third kappa shape index (κ3) is 6.06. The Bertz CT molecular complexity index is 1330. The summed E-state index contributed by atoms with van der Waals surface area (Å²) in [5.74, 6) is -0.447. The van der Waals surface area contributed by atoms with Gasteiger partial charge in [-0.2, -0.15) is 0 Å². The molecule has 0 aliphatic carbocycles. The van der Waals surface area contributed by atoms with Crippen LogP contribution in [0.3, 0.4) is 0 Å². The number of anilines is 2. The molecule has 0 aliphatic rings. The molecule has 0 bridgehead atoms. The van der Waals surface area contributed by atoms with Gasteiger partial charge in [-0.3, -0.25) is 9.59 Å². The van der Waals surface area contributed by atoms with Crippen molar-refractivity contribution in [2.75, 3.05) is 18.5 Å². The number of nitrogens with zero attached hydrogens (tertiary/aromatic N) is 2. The lowest BCUT2D eigenvalue weighted by Gasteiger charge is -2.14. The Kier molecular flexibility index (Phi) is 8.75. The Labute approximate surface area is 216 Å². The number of hydrogen-bond acceptors (Lipinski definition) is 5. The molecule has 0 atom stereocenters. The molecule has 36 heavy (non-hydrogen) atoms. The van der Waals surface area contributed by atoms with Crippen LogP contribution in [0, 0.1) is 0 Å². The molecule has 0 saturated carbocycles. The number of alkyl halides is 2. The maximum atomic E-state index is 12.8. The number of fused-ring (bicyclic) bond motifs is 1. The van der Waals surface area contributed by atoms with Crippen molar-refractivity contribution in [3.63, 3.8) is 0 Å². The van der Waals surface area contributed by atoms with E-state index in [-0.39, 0.29) is 28.8 Å². The van der Waals surface area contributed by atoms with Crippen LogP contribution >= 0.6 is 23.2 Å². The molecule has 0 saturated heterocycles. The number of benzene rings is 2. The number of nitrogens with one attached hydrogen (secondary N) is 3. The summed E-state index contributed by atoms with van der Waals surface area (Å²) in [5.41, 5.74) is 2.35. The minimum absolute atomic E-state index is 0.00890. The van der Waals surface area contributed by atoms with E-state index in [1.54, 1.807) is 37.6 Å². The van der Waals surface area contributed by atoms with Crippen molar-refractivity contribution in [3.8, 4) is 5.75 Å². The zero-order valence-electron chi connectivity index (χ0n) is 19.8. The summed E-state index contributed by atoms with van der Waals surface area (Å²) in [5, 5.41) is 9.03. The first-order chi connectivity index (χ1) is 17.0. The van der Waals surface area contributed by atoms with Crippen LogP contribution in [0.25, 0.3) is 11.0 Å². The number of carbonyl (C=O) groups is 2. The smallest absolute Gasteiger partial charge is 0.272 e. The Hall–Kier alpha value is -3.37. The zero-order valence-corrected chi connectivity index (χ0v) is 21.4. The fraction of sp³-hybridized carbons (Fsp3) is 0.292. The Morgan fingerprint density at radius 3 is 2.58 bits per heavy atom. The van der Waals surface area contributed by atoms with Gasteiger partial charge in [0.2, 0.25) is 11.9 Å². The lowest BCUT2D eigenvalue weighted by Crippen LogP contribution is -2.23. The van der Waals surface area contributed by atoms with Crippen molar-refractivity contribution in [2.45, 2.75) is 26.8 Å². The van der Waals surface area contributed by atoms with Gasteiger partial charge in [0.15, 0.2) is 0 Å². The Balaban J connectivity index is 1.99. The molecule has 12 heteroatoms. The van der Waals surface area contributed by atoms with Gasteiger partial charge in [-0.25, -0.2) is 13.8 Å². The summed E-state index contributed by atoms with van der Waals surface area (Å²) < 4.78 is 32.4. The first-order valence-corrected chi connectivity index (χ1v) is 11.7. The molecule has 2 amide bonds. The quantitative estimate of drug-likeness (QED) is 0.307. The molecule has 1 heterocycles. The highest BCUT2D eigenvalue weighted by Gasteiger charge is 2.20. The summed E-state index contributed by atoms with van der Waals surface area (Å²) in [4.78, 5) is 28.9. The number of hydrogen-bond donors (Lipinski definition) is 3. The molecule has 8 nitrogen and oxygen atoms in total. The molecule has 3 N–H and O–H groups in total. The molecule has 2 aromatic carbocycles. The summed E-state index contributed by atoms with van der Waals surface area (Å²) in [6, 6.07) is 6.27. The summed E-state index contributed by atoms with van der Waals surface area (Å²) >= 11 is 13.0. The maximum absolute atomic E-state index is 12.8. The molecule has 0 fully saturated rings. The lowest BCUT2D eigenvalue weighted by molar-refractivity contribution is -0.117. The second-order valence-electron chi connectivity index (χ2n) is 7.88. The van der Waals surface area contributed by atoms with Gasteiger partial charge < -0.3 is 25.3 Å². The van der Waals surface area contributed by atoms with Crippen molar-refractivity contribution in [1.82, 2.24) is 20.2 Å². The van der Waals surface area contributed by atoms with Crippen molar-refractivity contribution in [1.29, 1.82) is 0 Å². The van der Waals surface area contributed by atoms with Crippen LogP contribution in [0.5, 0.6) is 5.75 Å². The SMILES string of the molecule is C=C(C)C(=O)NCc1ccc(Cl)c(Nc2nc3cc(C(=O)NCC)c(OCC(F)F)cc3n2C)c1Cl. The van der Waals surface area contributed by atoms with Gasteiger partial charge in [-0.1, -0.05) is 35.8 Å². The van der Waals surface area contributed by atoms with Gasteiger partial charge in [-0.05, 0) is 31.5 Å². The number of aromatic nitrogens is 2. The molecule has 0 spiro atoms. The van der Waals surface area contributed by atoms with Crippen molar-refractivity contribution < 1.29 is 23.1 Å². The molecule has 0 radical (unpaired) electrons. The van der Waals surface area contributed by atoms with Crippen LogP contribution in [-0.2, 0) is 18.4 Å². The second-order valence-corrected chi connectivity index (χ2v) is 8.66. The predicted molar refractivity (Wildman–Crippen MR) is 137 cm³/mol. The van der Waals surface area contributed by atoms with Gasteiger partial charge in [0.1, 0.15) is 12.4 Å². The van der Waals surface area contributed by atoms with E-state index in [2.05, 4.69) is 27.5 Å². The minimum Gasteiger partial charge on any atom is -0.487 e. The van der Waals surface area contributed by atoms with Gasteiger partial charge >= 0.3 is 0 Å². The number of rotatable bonds is 10. The Morgan fingerprint density at radius 1 is 1.22 bits per heavy atom. The fourth-order valence-corrected chi connectivity index (χ4v) is 3.85. The van der Waals surface area contributed by atoms with Crippen LogP contribution in [0.15, 0.2) is 36.4 Å². The van der Waals surface area contributed by atoms with Crippen molar-refractivity contribution in [3.05, 3.63) is 57.6 Å². The predicted octanol–water partition coefficient (Wildman–Crippen LogP) is 5.21. The number of amides is 2. The van der Waals surface area contributed by atoms with Crippen molar-refractivity contribution >= 4 is 57.7 Å². The third-order valence-corrected chi connectivity index (χ3v) is 5.91. The van der Waals surface area contributed by atoms with Crippen LogP contribution in [0.2, 0.25) is 10.0 Å². The van der Waals surface area contributed by atoms with Gasteiger partial charge in [0, 0.05) is 31.8 Å². The zero-order chi connectivity index (χ0) is 26.6. The highest BCUT2D eigenvalue weighted by atomic mass is 35.5. The van der Waals surface area contributed by atoms with Gasteiger partial charge in [0.05, 0.1) is 32.3 Å². The van der Waals surface area contributed by atoms with E-state index in [1.165, 1.54) is 12.1 Å². The number of halogens is 4. The largest absolute Gasteiger partial charge is 0.487 e. The van der Waals surface area contributed by atoms with Gasteiger partial charge in [-0.15, -0.1) is 0 Å². The molecular formula is C24H25Cl2F2N5O3. The van der Waals surface area contributed by atoms with E-state index in [1.807, 2.05) is 0 Å². The monoisotopic (exact) mass is 539 g/mol. The third-order valence-electron chi connectivity index (χ3n) is 5.16. The molecule has 1 aromatic heterocycles. The average Bonchev–Trinajstić information content (AvgIpc) is 3.13. The lowest BCUT2D eigenvalue weighted by atomic mass is 10.1. The first-order valence-electron chi connectivity index (χ1n) is 10.9. The van der Waals surface area contributed by atoms with Crippen LogP contribution < -0.4 is 20.7 Å². The molecular weight excluding hydrogens is 515 g/mol. The van der Waals surface area contributed by atoms with Gasteiger partial charge in [0.25, 0.3) is 12.3 Å². The van der Waals surface area contributed by atoms with E-state index < -0.39 is 18.9 Å². The highest BCUT2D eigenvalue weighted by molar-refractivity contribution is 6.39. The number of carbonyl (C=O) groups excluding carboxylic acids is 2. The van der Waals surface area contributed by atoms with Crippen LogP contribution in [-0.4, -0.2) is 40.9 Å². The fourth-order valence-electron chi connectivity index (χ4n) is 3.32. The molecule has 3 aromatic rings. The first kappa shape index (κ1) is 27.2. The summed E-state index contributed by atoms with van der Waals surface area (Å²) in [6.07, 6.45) is -2.71. The maximum Gasteiger partial charge on any atom is 0.272 e. The van der Waals surface area contributed by atoms with E-state index in [9.17, 15) is 18.4 Å². The number of imidazole rings is 1. The second kappa shape index (κ2) is 11.6. The highest BCUT2D eigenvalue weighted by Crippen LogP contribution is 2.36. The van der Waals surface area contributed by atoms with E-state index in [0.717, 1.165) is 0 Å². The van der Waals surface area contributed by atoms with E-state index in [4.69, 9.17) is 27.9 Å². The average molecular weight is 540 g/mol. The summed E-state index contributed by atoms with van der Waals surface area (Å²) in [7, 11) is 1.69. The van der Waals surface area contributed by atoms with Crippen LogP contribution in [0.4, 0.5) is 20.4 Å². The molecule has 0 unspecified atom stereocenters. The topological polar surface area (TPSA) is 97.3 Å². The molecule has 0 aliphatic heterocycles. The normalized spacial score (nSPS) is 11.0. The Morgan fingerprint density at radius 2 is 1.94 bits per heavy atom. The number of ether oxygens (including phenoxy) is 1. The van der Waals surface area contributed by atoms with Crippen molar-refractivity contribution in [2.24, 2.45) is 7.05 Å². The molecule has 3 rings (SSSR count).